The molecule has 1 aliphatic heterocycles. The molecule has 0 amide bonds. The summed E-state index contributed by atoms with van der Waals surface area (Å²) in [6, 6.07) is 1.32. The SMILES string of the molecule is Nc1cc(C(=O)O)cnc1OC1COC1. The number of carbonyl (C=O) groups is 1. The van der Waals surface area contributed by atoms with E-state index in [1.165, 1.54) is 12.3 Å². The highest BCUT2D eigenvalue weighted by Crippen LogP contribution is 2.21. The van der Waals surface area contributed by atoms with E-state index in [0.717, 1.165) is 0 Å². The molecule has 0 saturated carbocycles. The third kappa shape index (κ3) is 1.99. The number of hydrogen-bond donors (Lipinski definition) is 2. The van der Waals surface area contributed by atoms with Gasteiger partial charge in [0.2, 0.25) is 5.88 Å². The number of rotatable bonds is 3. The molecule has 15 heavy (non-hydrogen) atoms. The van der Waals surface area contributed by atoms with E-state index in [-0.39, 0.29) is 23.2 Å². The van der Waals surface area contributed by atoms with Crippen LogP contribution in [0.3, 0.4) is 0 Å². The topological polar surface area (TPSA) is 94.7 Å². The van der Waals surface area contributed by atoms with Gasteiger partial charge in [-0.05, 0) is 6.07 Å². The van der Waals surface area contributed by atoms with E-state index in [4.69, 9.17) is 20.3 Å². The van der Waals surface area contributed by atoms with Gasteiger partial charge < -0.3 is 20.3 Å². The summed E-state index contributed by atoms with van der Waals surface area (Å²) in [6.45, 7) is 1.03. The number of hydrogen-bond acceptors (Lipinski definition) is 5. The van der Waals surface area contributed by atoms with Crippen LogP contribution < -0.4 is 10.5 Å². The maximum atomic E-state index is 10.6. The number of pyridine rings is 1. The zero-order valence-electron chi connectivity index (χ0n) is 7.84. The number of nitrogens with two attached hydrogens (primary N) is 1. The van der Waals surface area contributed by atoms with Crippen LogP contribution in [0.25, 0.3) is 0 Å². The Morgan fingerprint density at radius 2 is 2.40 bits per heavy atom. The smallest absolute Gasteiger partial charge is 0.337 e. The van der Waals surface area contributed by atoms with Gasteiger partial charge in [-0.1, -0.05) is 0 Å². The van der Waals surface area contributed by atoms with Crippen molar-refractivity contribution in [2.24, 2.45) is 0 Å². The highest BCUT2D eigenvalue weighted by atomic mass is 16.6. The lowest BCUT2D eigenvalue weighted by molar-refractivity contribution is -0.0810. The Kier molecular flexibility index (Phi) is 2.42. The lowest BCUT2D eigenvalue weighted by Gasteiger charge is -2.26. The molecule has 6 heteroatoms. The van der Waals surface area contributed by atoms with Crippen molar-refractivity contribution >= 4 is 11.7 Å². The van der Waals surface area contributed by atoms with Gasteiger partial charge in [-0.3, -0.25) is 0 Å². The summed E-state index contributed by atoms with van der Waals surface area (Å²) in [5, 5.41) is 8.68. The summed E-state index contributed by atoms with van der Waals surface area (Å²) in [7, 11) is 0. The average Bonchev–Trinajstić information content (AvgIpc) is 2.12. The predicted molar refractivity (Wildman–Crippen MR) is 50.8 cm³/mol. The molecule has 0 radical (unpaired) electrons. The largest absolute Gasteiger partial charge is 0.478 e. The summed E-state index contributed by atoms with van der Waals surface area (Å²) in [4.78, 5) is 14.4. The van der Waals surface area contributed by atoms with Crippen LogP contribution in [-0.2, 0) is 4.74 Å². The van der Waals surface area contributed by atoms with Gasteiger partial charge in [0, 0.05) is 6.20 Å². The minimum absolute atomic E-state index is 0.0320. The Balaban J connectivity index is 2.14. The van der Waals surface area contributed by atoms with Crippen molar-refractivity contribution in [2.75, 3.05) is 18.9 Å². The molecular formula is C9H10N2O4. The molecule has 2 rings (SSSR count). The second kappa shape index (κ2) is 3.74. The molecule has 0 atom stereocenters. The molecule has 1 saturated heterocycles. The van der Waals surface area contributed by atoms with Gasteiger partial charge in [0.25, 0.3) is 0 Å². The first-order valence-electron chi connectivity index (χ1n) is 4.40. The standard InChI is InChI=1S/C9H10N2O4/c10-7-1-5(9(12)13)2-11-8(7)15-6-3-14-4-6/h1-2,6H,3-4,10H2,(H,12,13). The van der Waals surface area contributed by atoms with Crippen LogP contribution >= 0.6 is 0 Å². The number of carboxylic acid groups (broad SMARTS) is 1. The van der Waals surface area contributed by atoms with Crippen molar-refractivity contribution in [3.8, 4) is 5.88 Å². The van der Waals surface area contributed by atoms with Crippen molar-refractivity contribution in [3.63, 3.8) is 0 Å². The Bertz CT molecular complexity index is 390. The number of nitrogens with zero attached hydrogens (tertiary/aromatic N) is 1. The van der Waals surface area contributed by atoms with Gasteiger partial charge in [-0.2, -0.15) is 0 Å². The minimum atomic E-state index is -1.06. The summed E-state index contributed by atoms with van der Waals surface area (Å²) in [5.41, 5.74) is 5.86. The summed E-state index contributed by atoms with van der Waals surface area (Å²) < 4.78 is 10.3. The van der Waals surface area contributed by atoms with Gasteiger partial charge in [0.1, 0.15) is 6.10 Å². The van der Waals surface area contributed by atoms with Crippen LogP contribution in [0.5, 0.6) is 5.88 Å². The number of aromatic carboxylic acids is 1. The van der Waals surface area contributed by atoms with Crippen molar-refractivity contribution in [2.45, 2.75) is 6.10 Å². The van der Waals surface area contributed by atoms with Crippen LogP contribution in [-0.4, -0.2) is 35.4 Å². The molecule has 1 aliphatic rings. The lowest BCUT2D eigenvalue weighted by Crippen LogP contribution is -2.38. The van der Waals surface area contributed by atoms with E-state index in [1.54, 1.807) is 0 Å². The van der Waals surface area contributed by atoms with Gasteiger partial charge in [-0.25, -0.2) is 9.78 Å². The van der Waals surface area contributed by atoms with E-state index in [0.29, 0.717) is 13.2 Å². The van der Waals surface area contributed by atoms with E-state index < -0.39 is 5.97 Å². The van der Waals surface area contributed by atoms with E-state index >= 15 is 0 Å². The highest BCUT2D eigenvalue weighted by Gasteiger charge is 2.22. The number of ether oxygens (including phenoxy) is 2. The third-order valence-corrected chi connectivity index (χ3v) is 2.01. The first-order valence-corrected chi connectivity index (χ1v) is 4.40. The molecule has 0 aliphatic carbocycles. The highest BCUT2D eigenvalue weighted by molar-refractivity contribution is 5.88. The number of nitrogen functional groups attached to an aromatic ring is 1. The van der Waals surface area contributed by atoms with Gasteiger partial charge in [0.05, 0.1) is 24.5 Å². The number of carboxylic acids is 1. The molecule has 1 aromatic rings. The maximum absolute atomic E-state index is 10.6. The molecule has 0 unspecified atom stereocenters. The second-order valence-corrected chi connectivity index (χ2v) is 3.20. The zero-order chi connectivity index (χ0) is 10.8. The lowest BCUT2D eigenvalue weighted by atomic mass is 10.2. The Morgan fingerprint density at radius 3 is 2.87 bits per heavy atom. The Labute approximate surface area is 85.6 Å². The molecule has 0 spiro atoms. The fourth-order valence-corrected chi connectivity index (χ4v) is 1.12. The first-order chi connectivity index (χ1) is 7.16. The minimum Gasteiger partial charge on any atom is -0.478 e. The molecule has 1 aromatic heterocycles. The Morgan fingerprint density at radius 1 is 1.67 bits per heavy atom. The molecule has 0 bridgehead atoms. The van der Waals surface area contributed by atoms with Crippen LogP contribution in [0.4, 0.5) is 5.69 Å². The van der Waals surface area contributed by atoms with Crippen LogP contribution in [0.1, 0.15) is 10.4 Å². The summed E-state index contributed by atoms with van der Waals surface area (Å²) >= 11 is 0. The van der Waals surface area contributed by atoms with Gasteiger partial charge >= 0.3 is 5.97 Å². The molecule has 3 N–H and O–H groups in total. The van der Waals surface area contributed by atoms with E-state index in [2.05, 4.69) is 4.98 Å². The zero-order valence-corrected chi connectivity index (χ0v) is 7.84. The van der Waals surface area contributed by atoms with Crippen molar-refractivity contribution < 1.29 is 19.4 Å². The molecule has 2 heterocycles. The van der Waals surface area contributed by atoms with Gasteiger partial charge in [0.15, 0.2) is 0 Å². The summed E-state index contributed by atoms with van der Waals surface area (Å²) in [6.07, 6.45) is 1.18. The van der Waals surface area contributed by atoms with Crippen molar-refractivity contribution in [3.05, 3.63) is 17.8 Å². The van der Waals surface area contributed by atoms with E-state index in [9.17, 15) is 4.79 Å². The first kappa shape index (κ1) is 9.72. The maximum Gasteiger partial charge on any atom is 0.337 e. The predicted octanol–water partition coefficient (Wildman–Crippen LogP) is 0.140. The van der Waals surface area contributed by atoms with Crippen molar-refractivity contribution in [1.82, 2.24) is 4.98 Å². The Hall–Kier alpha value is -1.82. The monoisotopic (exact) mass is 210 g/mol. The normalized spacial score (nSPS) is 15.7. The fraction of sp³-hybridized carbons (Fsp3) is 0.333. The van der Waals surface area contributed by atoms with Crippen LogP contribution in [0.15, 0.2) is 12.3 Å². The molecular weight excluding hydrogens is 200 g/mol. The number of aromatic nitrogens is 1. The second-order valence-electron chi connectivity index (χ2n) is 3.20. The van der Waals surface area contributed by atoms with Gasteiger partial charge in [-0.15, -0.1) is 0 Å². The van der Waals surface area contributed by atoms with Crippen molar-refractivity contribution in [1.29, 1.82) is 0 Å². The average molecular weight is 210 g/mol. The molecule has 0 aromatic carbocycles. The van der Waals surface area contributed by atoms with E-state index in [1.807, 2.05) is 0 Å². The van der Waals surface area contributed by atoms with Crippen LogP contribution in [0, 0.1) is 0 Å². The molecule has 6 nitrogen and oxygen atoms in total. The number of anilines is 1. The molecule has 1 fully saturated rings. The molecule has 80 valence electrons. The quantitative estimate of drug-likeness (QED) is 0.736. The fourth-order valence-electron chi connectivity index (χ4n) is 1.12. The van der Waals surface area contributed by atoms with Crippen LogP contribution in [0.2, 0.25) is 0 Å². The third-order valence-electron chi connectivity index (χ3n) is 2.01. The summed E-state index contributed by atoms with van der Waals surface area (Å²) in [5.74, 6) is -0.805.